The summed E-state index contributed by atoms with van der Waals surface area (Å²) >= 11 is 5.86. The number of hydrogen-bond acceptors (Lipinski definition) is 0. The molecule has 0 aliphatic carbocycles. The fourth-order valence-corrected chi connectivity index (χ4v) is 2.07. The molecule has 0 bridgehead atoms. The lowest BCUT2D eigenvalue weighted by Crippen LogP contribution is -1.97. The molecular weight excluding hydrogens is 324 g/mol. The van der Waals surface area contributed by atoms with Gasteiger partial charge in [-0.25, -0.2) is 0 Å². The van der Waals surface area contributed by atoms with Gasteiger partial charge in [-0.15, -0.1) is 0 Å². The molecule has 0 aliphatic rings. The van der Waals surface area contributed by atoms with Crippen molar-refractivity contribution in [1.29, 1.82) is 0 Å². The van der Waals surface area contributed by atoms with Crippen molar-refractivity contribution in [2.75, 3.05) is 0 Å². The van der Waals surface area contributed by atoms with E-state index in [1.807, 2.05) is 30.3 Å². The van der Waals surface area contributed by atoms with Crippen molar-refractivity contribution >= 4 is 23.8 Å². The van der Waals surface area contributed by atoms with Crippen molar-refractivity contribution in [3.05, 3.63) is 82.9 Å². The zero-order chi connectivity index (χ0) is 18.9. The Morgan fingerprint density at radius 3 is 1.60 bits per heavy atom. The largest absolute Gasteiger partial charge is 0.0843 e. The van der Waals surface area contributed by atoms with Crippen LogP contribution in [0.1, 0.15) is 52.7 Å². The van der Waals surface area contributed by atoms with Crippen LogP contribution in [-0.4, -0.2) is 0 Å². The molecule has 0 radical (unpaired) electrons. The first-order valence-corrected chi connectivity index (χ1v) is 9.12. The van der Waals surface area contributed by atoms with Gasteiger partial charge in [0.1, 0.15) is 0 Å². The second-order valence-electron chi connectivity index (χ2n) is 8.36. The molecule has 2 aromatic rings. The number of rotatable bonds is 2. The second-order valence-corrected chi connectivity index (χ2v) is 8.80. The third kappa shape index (κ3) is 11.4. The van der Waals surface area contributed by atoms with Crippen LogP contribution in [0.15, 0.2) is 66.7 Å². The molecule has 0 N–H and O–H groups in total. The van der Waals surface area contributed by atoms with Gasteiger partial charge in [0, 0.05) is 5.02 Å². The molecule has 0 aromatic heterocycles. The maximum atomic E-state index is 5.86. The van der Waals surface area contributed by atoms with Gasteiger partial charge in [-0.1, -0.05) is 120 Å². The molecule has 0 atom stereocenters. The van der Waals surface area contributed by atoms with Gasteiger partial charge in [0.05, 0.1) is 0 Å². The number of benzene rings is 2. The highest BCUT2D eigenvalue weighted by molar-refractivity contribution is 6.30. The summed E-state index contributed by atoms with van der Waals surface area (Å²) in [7, 11) is 0. The van der Waals surface area contributed by atoms with Gasteiger partial charge in [-0.05, 0) is 34.1 Å². The van der Waals surface area contributed by atoms with Crippen LogP contribution in [0.25, 0.3) is 12.2 Å². The fraction of sp³-hybridized carbons (Fsp3) is 0.333. The predicted molar refractivity (Wildman–Crippen MR) is 115 cm³/mol. The summed E-state index contributed by atoms with van der Waals surface area (Å²) in [5.41, 5.74) is 2.92. The standard InChI is InChI=1S/C12H15Cl.C12H16/c1-12(2,3)8-7-10-5-4-6-11(13)9-10;1-12(2,3)10-9-11-7-5-4-6-8-11/h4-9H,1-3H3;4-10H,1-3H3/b8-7+;10-9+. The summed E-state index contributed by atoms with van der Waals surface area (Å²) in [6.45, 7) is 13.1. The monoisotopic (exact) mass is 354 g/mol. The summed E-state index contributed by atoms with van der Waals surface area (Å²) in [6, 6.07) is 18.2. The van der Waals surface area contributed by atoms with Gasteiger partial charge < -0.3 is 0 Å². The Labute approximate surface area is 159 Å². The minimum atomic E-state index is 0.225. The first-order valence-electron chi connectivity index (χ1n) is 8.74. The fourth-order valence-electron chi connectivity index (χ4n) is 1.87. The van der Waals surface area contributed by atoms with E-state index in [1.165, 1.54) is 5.56 Å². The van der Waals surface area contributed by atoms with Gasteiger partial charge >= 0.3 is 0 Å². The highest BCUT2D eigenvalue weighted by Gasteiger charge is 2.03. The first kappa shape index (κ1) is 21.3. The van der Waals surface area contributed by atoms with E-state index < -0.39 is 0 Å². The molecule has 0 unspecified atom stereocenters. The molecule has 2 rings (SSSR count). The van der Waals surface area contributed by atoms with Crippen molar-refractivity contribution in [1.82, 2.24) is 0 Å². The van der Waals surface area contributed by atoms with Crippen LogP contribution in [0.2, 0.25) is 5.02 Å². The van der Waals surface area contributed by atoms with E-state index in [9.17, 15) is 0 Å². The zero-order valence-electron chi connectivity index (χ0n) is 16.4. The summed E-state index contributed by atoms with van der Waals surface area (Å²) in [4.78, 5) is 0. The molecule has 0 heterocycles. The van der Waals surface area contributed by atoms with Crippen molar-refractivity contribution in [3.63, 3.8) is 0 Å². The summed E-state index contributed by atoms with van der Waals surface area (Å²) in [6.07, 6.45) is 8.67. The van der Waals surface area contributed by atoms with Crippen LogP contribution in [0.4, 0.5) is 0 Å². The third-order valence-corrected chi connectivity index (χ3v) is 3.43. The minimum absolute atomic E-state index is 0.225. The topological polar surface area (TPSA) is 0 Å². The van der Waals surface area contributed by atoms with E-state index in [4.69, 9.17) is 11.6 Å². The van der Waals surface area contributed by atoms with Crippen LogP contribution in [-0.2, 0) is 0 Å². The molecule has 25 heavy (non-hydrogen) atoms. The van der Waals surface area contributed by atoms with E-state index in [2.05, 4.69) is 90.1 Å². The van der Waals surface area contributed by atoms with Crippen molar-refractivity contribution in [2.45, 2.75) is 41.5 Å². The third-order valence-electron chi connectivity index (χ3n) is 3.20. The van der Waals surface area contributed by atoms with Gasteiger partial charge in [-0.2, -0.15) is 0 Å². The average molecular weight is 355 g/mol. The Balaban J connectivity index is 0.000000251. The Hall–Kier alpha value is -1.79. The average Bonchev–Trinajstić information content (AvgIpc) is 2.52. The lowest BCUT2D eigenvalue weighted by atomic mass is 9.95. The van der Waals surface area contributed by atoms with Gasteiger partial charge in [-0.3, -0.25) is 0 Å². The number of allylic oxidation sites excluding steroid dienone is 2. The second kappa shape index (κ2) is 9.63. The van der Waals surface area contributed by atoms with Crippen molar-refractivity contribution < 1.29 is 0 Å². The molecule has 134 valence electrons. The van der Waals surface area contributed by atoms with Crippen LogP contribution < -0.4 is 0 Å². The van der Waals surface area contributed by atoms with Crippen LogP contribution in [0.5, 0.6) is 0 Å². The normalized spacial score (nSPS) is 12.3. The van der Waals surface area contributed by atoms with Crippen molar-refractivity contribution in [3.8, 4) is 0 Å². The van der Waals surface area contributed by atoms with E-state index in [0.29, 0.717) is 0 Å². The molecular formula is C24H31Cl. The van der Waals surface area contributed by atoms with Crippen molar-refractivity contribution in [2.24, 2.45) is 10.8 Å². The highest BCUT2D eigenvalue weighted by Crippen LogP contribution is 2.19. The van der Waals surface area contributed by atoms with E-state index in [-0.39, 0.29) is 10.8 Å². The molecule has 0 fully saturated rings. The van der Waals surface area contributed by atoms with Gasteiger partial charge in [0.15, 0.2) is 0 Å². The quantitative estimate of drug-likeness (QED) is 0.510. The summed E-state index contributed by atoms with van der Waals surface area (Å²) in [5, 5.41) is 0.788. The smallest absolute Gasteiger partial charge is 0.0411 e. The molecule has 0 aliphatic heterocycles. The van der Waals surface area contributed by atoms with Crippen LogP contribution >= 0.6 is 11.6 Å². The number of halogens is 1. The molecule has 0 amide bonds. The van der Waals surface area contributed by atoms with Gasteiger partial charge in [0.2, 0.25) is 0 Å². The highest BCUT2D eigenvalue weighted by atomic mass is 35.5. The maximum Gasteiger partial charge on any atom is 0.0411 e. The molecule has 0 saturated heterocycles. The Bertz CT molecular complexity index is 680. The van der Waals surface area contributed by atoms with Crippen LogP contribution in [0, 0.1) is 10.8 Å². The SMILES string of the molecule is CC(C)(C)/C=C/c1cccc(Cl)c1.CC(C)(C)/C=C/c1ccccc1. The zero-order valence-corrected chi connectivity index (χ0v) is 17.1. The Morgan fingerprint density at radius 1 is 0.640 bits per heavy atom. The van der Waals surface area contributed by atoms with Crippen LogP contribution in [0.3, 0.4) is 0 Å². The van der Waals surface area contributed by atoms with E-state index >= 15 is 0 Å². The summed E-state index contributed by atoms with van der Waals surface area (Å²) in [5.74, 6) is 0. The predicted octanol–water partition coefficient (Wildman–Crippen LogP) is 8.15. The maximum absolute atomic E-state index is 5.86. The number of hydrogen-bond donors (Lipinski definition) is 0. The molecule has 1 heteroatoms. The molecule has 0 saturated carbocycles. The first-order chi connectivity index (χ1) is 11.6. The Morgan fingerprint density at radius 2 is 1.12 bits per heavy atom. The minimum Gasteiger partial charge on any atom is -0.0843 e. The lowest BCUT2D eigenvalue weighted by molar-refractivity contribution is 0.547. The molecule has 0 nitrogen and oxygen atoms in total. The van der Waals surface area contributed by atoms with E-state index in [0.717, 1.165) is 10.6 Å². The lowest BCUT2D eigenvalue weighted by Gasteiger charge is -2.10. The molecule has 2 aromatic carbocycles. The summed E-state index contributed by atoms with van der Waals surface area (Å²) < 4.78 is 0. The van der Waals surface area contributed by atoms with Gasteiger partial charge in [0.25, 0.3) is 0 Å². The van der Waals surface area contributed by atoms with E-state index in [1.54, 1.807) is 0 Å². The Kier molecular flexibility index (Phi) is 8.19. The molecule has 0 spiro atoms.